The number of carboxylic acids is 1. The molecule has 98 valence electrons. The van der Waals surface area contributed by atoms with Crippen LogP contribution < -0.4 is 0 Å². The number of hydrogen-bond donors (Lipinski definition) is 1. The van der Waals surface area contributed by atoms with Crippen LogP contribution >= 0.6 is 0 Å². The van der Waals surface area contributed by atoms with Gasteiger partial charge in [-0.15, -0.1) is 6.58 Å². The average Bonchev–Trinajstić information content (AvgIpc) is 2.77. The van der Waals surface area contributed by atoms with Gasteiger partial charge in [0.15, 0.2) is 0 Å². The molecule has 0 radical (unpaired) electrons. The van der Waals surface area contributed by atoms with E-state index in [9.17, 15) is 9.90 Å². The van der Waals surface area contributed by atoms with Crippen LogP contribution in [0.3, 0.4) is 0 Å². The van der Waals surface area contributed by atoms with E-state index in [1.807, 2.05) is 32.0 Å². The molecule has 0 amide bonds. The fraction of sp³-hybridized carbons (Fsp3) is 0.200. The van der Waals surface area contributed by atoms with Crippen molar-refractivity contribution in [3.63, 3.8) is 0 Å². The smallest absolute Gasteiger partial charge is 0.354 e. The molecule has 0 aliphatic heterocycles. The molecule has 2 rings (SSSR count). The third-order valence-corrected chi connectivity index (χ3v) is 2.97. The Morgan fingerprint density at radius 3 is 2.79 bits per heavy atom. The number of rotatable bonds is 4. The average molecular weight is 256 g/mol. The largest absolute Gasteiger partial charge is 0.477 e. The van der Waals surface area contributed by atoms with Crippen LogP contribution in [-0.4, -0.2) is 20.9 Å². The Balaban J connectivity index is 2.56. The van der Waals surface area contributed by atoms with E-state index in [0.717, 1.165) is 16.7 Å². The molecular formula is C15H16N2O2. The number of aromatic carboxylic acids is 1. The van der Waals surface area contributed by atoms with Crippen molar-refractivity contribution in [1.82, 2.24) is 9.78 Å². The molecule has 4 heteroatoms. The fourth-order valence-corrected chi connectivity index (χ4v) is 1.99. The maximum atomic E-state index is 11.2. The molecule has 0 aliphatic carbocycles. The van der Waals surface area contributed by atoms with Crippen LogP contribution in [0.1, 0.15) is 21.6 Å². The van der Waals surface area contributed by atoms with Crippen LogP contribution in [0.15, 0.2) is 36.9 Å². The summed E-state index contributed by atoms with van der Waals surface area (Å²) < 4.78 is 1.45. The van der Waals surface area contributed by atoms with Crippen LogP contribution in [0.25, 0.3) is 11.3 Å². The highest BCUT2D eigenvalue weighted by molar-refractivity contribution is 5.87. The Labute approximate surface area is 112 Å². The number of allylic oxidation sites excluding steroid dienone is 1. The van der Waals surface area contributed by atoms with Crippen LogP contribution in [-0.2, 0) is 6.54 Å². The second-order valence-electron chi connectivity index (χ2n) is 4.51. The van der Waals surface area contributed by atoms with E-state index in [0.29, 0.717) is 12.2 Å². The van der Waals surface area contributed by atoms with Gasteiger partial charge in [0, 0.05) is 5.56 Å². The van der Waals surface area contributed by atoms with Gasteiger partial charge >= 0.3 is 5.97 Å². The maximum absolute atomic E-state index is 11.2. The number of benzene rings is 1. The van der Waals surface area contributed by atoms with Crippen molar-refractivity contribution in [2.24, 2.45) is 0 Å². The predicted octanol–water partition coefficient (Wildman–Crippen LogP) is 3.05. The molecule has 0 bridgehead atoms. The van der Waals surface area contributed by atoms with Gasteiger partial charge < -0.3 is 5.11 Å². The summed E-state index contributed by atoms with van der Waals surface area (Å²) in [6, 6.07) is 7.66. The first kappa shape index (κ1) is 13.1. The van der Waals surface area contributed by atoms with Crippen LogP contribution in [0.5, 0.6) is 0 Å². The molecule has 0 saturated carbocycles. The molecule has 0 saturated heterocycles. The van der Waals surface area contributed by atoms with Crippen molar-refractivity contribution in [1.29, 1.82) is 0 Å². The van der Waals surface area contributed by atoms with Gasteiger partial charge in [0.25, 0.3) is 0 Å². The molecule has 0 fully saturated rings. The zero-order valence-electron chi connectivity index (χ0n) is 11.1. The highest BCUT2D eigenvalue weighted by atomic mass is 16.4. The van der Waals surface area contributed by atoms with Crippen LogP contribution in [0.4, 0.5) is 0 Å². The number of hydrogen-bond acceptors (Lipinski definition) is 2. The van der Waals surface area contributed by atoms with Crippen LogP contribution in [0, 0.1) is 13.8 Å². The van der Waals surface area contributed by atoms with Gasteiger partial charge in [0.2, 0.25) is 0 Å². The molecule has 0 unspecified atom stereocenters. The zero-order chi connectivity index (χ0) is 14.0. The molecule has 1 heterocycles. The Morgan fingerprint density at radius 1 is 1.42 bits per heavy atom. The van der Waals surface area contributed by atoms with E-state index < -0.39 is 5.97 Å². The van der Waals surface area contributed by atoms with E-state index in [4.69, 9.17) is 0 Å². The molecular weight excluding hydrogens is 240 g/mol. The number of carboxylic acid groups (broad SMARTS) is 1. The summed E-state index contributed by atoms with van der Waals surface area (Å²) in [6.07, 6.45) is 1.63. The molecule has 0 atom stereocenters. The van der Waals surface area contributed by atoms with Crippen molar-refractivity contribution in [3.8, 4) is 11.3 Å². The minimum absolute atomic E-state index is 0.177. The lowest BCUT2D eigenvalue weighted by Crippen LogP contribution is -2.08. The summed E-state index contributed by atoms with van der Waals surface area (Å²) in [6.45, 7) is 7.99. The minimum Gasteiger partial charge on any atom is -0.477 e. The van der Waals surface area contributed by atoms with E-state index in [1.165, 1.54) is 4.68 Å². The zero-order valence-corrected chi connectivity index (χ0v) is 11.1. The molecule has 1 aromatic carbocycles. The lowest BCUT2D eigenvalue weighted by molar-refractivity contribution is 0.0684. The molecule has 1 N–H and O–H groups in total. The van der Waals surface area contributed by atoms with Crippen molar-refractivity contribution >= 4 is 5.97 Å². The topological polar surface area (TPSA) is 55.1 Å². The highest BCUT2D eigenvalue weighted by Gasteiger charge is 2.15. The van der Waals surface area contributed by atoms with Gasteiger partial charge in [-0.3, -0.25) is 4.68 Å². The summed E-state index contributed by atoms with van der Waals surface area (Å²) in [4.78, 5) is 11.2. The Morgan fingerprint density at radius 2 is 2.16 bits per heavy atom. The van der Waals surface area contributed by atoms with E-state index in [-0.39, 0.29) is 5.69 Å². The SMILES string of the molecule is C=CCn1nc(-c2cc(C)ccc2C)cc1C(=O)O. The van der Waals surface area contributed by atoms with Gasteiger partial charge in [0.05, 0.1) is 12.2 Å². The second kappa shape index (κ2) is 5.10. The molecule has 0 aliphatic rings. The molecule has 19 heavy (non-hydrogen) atoms. The highest BCUT2D eigenvalue weighted by Crippen LogP contribution is 2.24. The third kappa shape index (κ3) is 2.57. The predicted molar refractivity (Wildman–Crippen MR) is 74.3 cm³/mol. The third-order valence-electron chi connectivity index (χ3n) is 2.97. The van der Waals surface area contributed by atoms with Gasteiger partial charge in [-0.2, -0.15) is 5.10 Å². The standard InChI is InChI=1S/C15H16N2O2/c1-4-7-17-14(15(18)19)9-13(16-17)12-8-10(2)5-6-11(12)3/h4-6,8-9H,1,7H2,2-3H3,(H,18,19). The molecule has 2 aromatic rings. The lowest BCUT2D eigenvalue weighted by Gasteiger charge is -2.03. The second-order valence-corrected chi connectivity index (χ2v) is 4.51. The van der Waals surface area contributed by atoms with Gasteiger partial charge in [-0.1, -0.05) is 23.8 Å². The Bertz CT molecular complexity index is 642. The first-order chi connectivity index (χ1) is 9.02. The lowest BCUT2D eigenvalue weighted by atomic mass is 10.0. The molecule has 4 nitrogen and oxygen atoms in total. The first-order valence-electron chi connectivity index (χ1n) is 6.02. The summed E-state index contributed by atoms with van der Waals surface area (Å²) in [7, 11) is 0. The number of aromatic nitrogens is 2. The monoisotopic (exact) mass is 256 g/mol. The normalized spacial score (nSPS) is 10.4. The van der Waals surface area contributed by atoms with Crippen LogP contribution in [0.2, 0.25) is 0 Å². The minimum atomic E-state index is -0.981. The number of nitrogens with zero attached hydrogens (tertiary/aromatic N) is 2. The van der Waals surface area contributed by atoms with Crippen molar-refractivity contribution in [2.75, 3.05) is 0 Å². The molecule has 0 spiro atoms. The summed E-state index contributed by atoms with van der Waals surface area (Å²) >= 11 is 0. The van der Waals surface area contributed by atoms with E-state index in [2.05, 4.69) is 11.7 Å². The van der Waals surface area contributed by atoms with Crippen molar-refractivity contribution in [3.05, 3.63) is 53.7 Å². The van der Waals surface area contributed by atoms with Crippen molar-refractivity contribution < 1.29 is 9.90 Å². The maximum Gasteiger partial charge on any atom is 0.354 e. The Kier molecular flexibility index (Phi) is 3.51. The Hall–Kier alpha value is -2.36. The van der Waals surface area contributed by atoms with Gasteiger partial charge in [0.1, 0.15) is 5.69 Å². The van der Waals surface area contributed by atoms with Crippen molar-refractivity contribution in [2.45, 2.75) is 20.4 Å². The summed E-state index contributed by atoms with van der Waals surface area (Å²) in [5, 5.41) is 13.5. The summed E-state index contributed by atoms with van der Waals surface area (Å²) in [5.41, 5.74) is 4.02. The first-order valence-corrected chi connectivity index (χ1v) is 6.02. The van der Waals surface area contributed by atoms with Gasteiger partial charge in [-0.25, -0.2) is 4.79 Å². The fourth-order valence-electron chi connectivity index (χ4n) is 1.99. The molecule has 1 aromatic heterocycles. The quantitative estimate of drug-likeness (QED) is 0.855. The summed E-state index contributed by atoms with van der Waals surface area (Å²) in [5.74, 6) is -0.981. The number of carbonyl (C=O) groups is 1. The van der Waals surface area contributed by atoms with E-state index in [1.54, 1.807) is 12.1 Å². The van der Waals surface area contributed by atoms with E-state index >= 15 is 0 Å². The number of aryl methyl sites for hydroxylation is 2. The van der Waals surface area contributed by atoms with Gasteiger partial charge in [-0.05, 0) is 31.5 Å².